The minimum atomic E-state index is -0.0668. The van der Waals surface area contributed by atoms with Crippen molar-refractivity contribution in [1.82, 2.24) is 14.8 Å². The van der Waals surface area contributed by atoms with E-state index >= 15 is 0 Å². The van der Waals surface area contributed by atoms with Gasteiger partial charge in [0.25, 0.3) is 5.56 Å². The lowest BCUT2D eigenvalue weighted by molar-refractivity contribution is 0.412. The quantitative estimate of drug-likeness (QED) is 0.751. The van der Waals surface area contributed by atoms with Gasteiger partial charge in [-0.25, -0.2) is 0 Å². The summed E-state index contributed by atoms with van der Waals surface area (Å²) in [6.07, 6.45) is 9.97. The molecule has 1 aliphatic rings. The minimum absolute atomic E-state index is 0.0668. The lowest BCUT2D eigenvalue weighted by atomic mass is 9.82. The van der Waals surface area contributed by atoms with Gasteiger partial charge in [0, 0.05) is 36.6 Å². The lowest BCUT2D eigenvalue weighted by Crippen LogP contribution is -2.28. The Bertz CT molecular complexity index is 920. The van der Waals surface area contributed by atoms with Crippen LogP contribution in [0.2, 0.25) is 0 Å². The fraction of sp³-hybridized carbons (Fsp3) is 0.333. The molecule has 0 saturated heterocycles. The first-order valence-electron chi connectivity index (χ1n) is 9.22. The number of nitrogens with one attached hydrogen (secondary N) is 2. The van der Waals surface area contributed by atoms with Gasteiger partial charge < -0.3 is 10.3 Å². The second kappa shape index (κ2) is 7.20. The number of hydrogen-bond acceptors (Lipinski definition) is 3. The van der Waals surface area contributed by atoms with Crippen LogP contribution in [0.5, 0.6) is 0 Å². The summed E-state index contributed by atoms with van der Waals surface area (Å²) in [6, 6.07) is 13.0. The molecule has 1 aliphatic carbocycles. The number of anilines is 1. The van der Waals surface area contributed by atoms with Crippen LogP contribution in [-0.4, -0.2) is 20.8 Å². The zero-order chi connectivity index (χ0) is 17.9. The van der Waals surface area contributed by atoms with E-state index in [2.05, 4.69) is 45.7 Å². The highest BCUT2D eigenvalue weighted by Crippen LogP contribution is 2.33. The largest absolute Gasteiger partial charge is 0.378 e. The van der Waals surface area contributed by atoms with E-state index in [1.807, 2.05) is 25.5 Å². The third-order valence-corrected chi connectivity index (χ3v) is 5.30. The SMILES string of the molecule is Cn1cc(-c2c[nH]c(=O)c(NC3CCC(c4ccccc4)CC3)c2)cn1. The molecule has 1 fully saturated rings. The molecule has 0 radical (unpaired) electrons. The Labute approximate surface area is 153 Å². The van der Waals surface area contributed by atoms with Gasteiger partial charge in [-0.05, 0) is 43.2 Å². The maximum absolute atomic E-state index is 12.2. The van der Waals surface area contributed by atoms with Gasteiger partial charge in [0.1, 0.15) is 5.69 Å². The highest BCUT2D eigenvalue weighted by atomic mass is 16.1. The molecule has 4 rings (SSSR count). The summed E-state index contributed by atoms with van der Waals surface area (Å²) in [5.74, 6) is 0.634. The number of nitrogens with zero attached hydrogens (tertiary/aromatic N) is 2. The first-order chi connectivity index (χ1) is 12.7. The molecule has 1 saturated carbocycles. The predicted molar refractivity (Wildman–Crippen MR) is 104 cm³/mol. The van der Waals surface area contributed by atoms with Crippen LogP contribution < -0.4 is 10.9 Å². The van der Waals surface area contributed by atoms with Crippen molar-refractivity contribution in [3.8, 4) is 11.1 Å². The summed E-state index contributed by atoms with van der Waals surface area (Å²) in [4.78, 5) is 15.1. The van der Waals surface area contributed by atoms with Crippen LogP contribution in [0.15, 0.2) is 59.8 Å². The Hall–Kier alpha value is -2.82. The van der Waals surface area contributed by atoms with E-state index < -0.39 is 0 Å². The van der Waals surface area contributed by atoms with Gasteiger partial charge in [-0.2, -0.15) is 5.10 Å². The molecule has 0 unspecified atom stereocenters. The van der Waals surface area contributed by atoms with Crippen molar-refractivity contribution in [2.24, 2.45) is 7.05 Å². The Balaban J connectivity index is 1.44. The number of aromatic amines is 1. The molecule has 1 aromatic carbocycles. The Morgan fingerprint density at radius 3 is 2.58 bits per heavy atom. The van der Waals surface area contributed by atoms with Crippen molar-refractivity contribution in [3.05, 3.63) is 70.9 Å². The van der Waals surface area contributed by atoms with Crippen molar-refractivity contribution in [3.63, 3.8) is 0 Å². The molecule has 5 heteroatoms. The number of benzene rings is 1. The smallest absolute Gasteiger partial charge is 0.271 e. The number of aromatic nitrogens is 3. The van der Waals surface area contributed by atoms with Crippen LogP contribution in [0.3, 0.4) is 0 Å². The number of H-pyrrole nitrogens is 1. The molecule has 26 heavy (non-hydrogen) atoms. The van der Waals surface area contributed by atoms with Crippen LogP contribution in [0, 0.1) is 0 Å². The number of rotatable bonds is 4. The van der Waals surface area contributed by atoms with E-state index in [0.29, 0.717) is 17.6 Å². The maximum Gasteiger partial charge on any atom is 0.271 e. The summed E-state index contributed by atoms with van der Waals surface area (Å²) in [6.45, 7) is 0. The number of aryl methyl sites for hydroxylation is 1. The second-order valence-electron chi connectivity index (χ2n) is 7.14. The fourth-order valence-electron chi connectivity index (χ4n) is 3.84. The van der Waals surface area contributed by atoms with Gasteiger partial charge >= 0.3 is 0 Å². The second-order valence-corrected chi connectivity index (χ2v) is 7.14. The van der Waals surface area contributed by atoms with Gasteiger partial charge in [0.05, 0.1) is 6.20 Å². The highest BCUT2D eigenvalue weighted by Gasteiger charge is 2.22. The summed E-state index contributed by atoms with van der Waals surface area (Å²) >= 11 is 0. The minimum Gasteiger partial charge on any atom is -0.378 e. The Morgan fingerprint density at radius 1 is 1.12 bits per heavy atom. The molecule has 2 heterocycles. The number of hydrogen-bond donors (Lipinski definition) is 2. The van der Waals surface area contributed by atoms with Crippen molar-refractivity contribution in [2.45, 2.75) is 37.6 Å². The van der Waals surface area contributed by atoms with Crippen LogP contribution in [0.25, 0.3) is 11.1 Å². The van der Waals surface area contributed by atoms with Gasteiger partial charge in [0.15, 0.2) is 0 Å². The monoisotopic (exact) mass is 348 g/mol. The van der Waals surface area contributed by atoms with Crippen LogP contribution in [-0.2, 0) is 7.05 Å². The van der Waals surface area contributed by atoms with E-state index in [1.54, 1.807) is 10.9 Å². The molecule has 0 spiro atoms. The fourth-order valence-corrected chi connectivity index (χ4v) is 3.84. The van der Waals surface area contributed by atoms with E-state index in [1.165, 1.54) is 5.56 Å². The third-order valence-electron chi connectivity index (χ3n) is 5.30. The first kappa shape index (κ1) is 16.6. The summed E-state index contributed by atoms with van der Waals surface area (Å²) in [7, 11) is 1.89. The van der Waals surface area contributed by atoms with E-state index in [0.717, 1.165) is 36.8 Å². The topological polar surface area (TPSA) is 62.7 Å². The zero-order valence-electron chi connectivity index (χ0n) is 15.0. The average Bonchev–Trinajstić information content (AvgIpc) is 3.11. The zero-order valence-corrected chi connectivity index (χ0v) is 15.0. The number of pyridine rings is 1. The first-order valence-corrected chi connectivity index (χ1v) is 9.22. The van der Waals surface area contributed by atoms with Crippen molar-refractivity contribution < 1.29 is 0 Å². The van der Waals surface area contributed by atoms with E-state index in [9.17, 15) is 4.79 Å². The van der Waals surface area contributed by atoms with Gasteiger partial charge in [-0.15, -0.1) is 0 Å². The molecule has 2 aromatic heterocycles. The predicted octanol–water partition coefficient (Wildman–Crippen LogP) is 3.91. The van der Waals surface area contributed by atoms with Gasteiger partial charge in [-0.3, -0.25) is 9.48 Å². The molecular formula is C21H24N4O. The molecule has 2 N–H and O–H groups in total. The molecule has 0 bridgehead atoms. The Kier molecular flexibility index (Phi) is 4.61. The molecule has 3 aromatic rings. The highest BCUT2D eigenvalue weighted by molar-refractivity contribution is 5.65. The molecule has 0 atom stereocenters. The molecular weight excluding hydrogens is 324 g/mol. The van der Waals surface area contributed by atoms with Crippen LogP contribution >= 0.6 is 0 Å². The maximum atomic E-state index is 12.2. The van der Waals surface area contributed by atoms with Crippen molar-refractivity contribution >= 4 is 5.69 Å². The normalized spacial score (nSPS) is 20.0. The average molecular weight is 348 g/mol. The van der Waals surface area contributed by atoms with Crippen LogP contribution in [0.1, 0.15) is 37.2 Å². The standard InChI is InChI=1S/C21H24N4O/c1-25-14-18(13-23-25)17-11-20(21(26)22-12-17)24-19-9-7-16(8-10-19)15-5-3-2-4-6-15/h2-6,11-14,16,19,24H,7-10H2,1H3,(H,22,26). The van der Waals surface area contributed by atoms with E-state index in [4.69, 9.17) is 0 Å². The molecule has 134 valence electrons. The molecule has 5 nitrogen and oxygen atoms in total. The molecule has 0 amide bonds. The van der Waals surface area contributed by atoms with E-state index in [-0.39, 0.29) is 5.56 Å². The Morgan fingerprint density at radius 2 is 1.88 bits per heavy atom. The lowest BCUT2D eigenvalue weighted by Gasteiger charge is -2.29. The summed E-state index contributed by atoms with van der Waals surface area (Å²) in [5, 5.41) is 7.67. The van der Waals surface area contributed by atoms with Crippen LogP contribution in [0.4, 0.5) is 5.69 Å². The third kappa shape index (κ3) is 3.57. The summed E-state index contributed by atoms with van der Waals surface area (Å²) < 4.78 is 1.76. The molecule has 0 aliphatic heterocycles. The summed E-state index contributed by atoms with van der Waals surface area (Å²) in [5.41, 5.74) is 3.98. The van der Waals surface area contributed by atoms with Crippen molar-refractivity contribution in [1.29, 1.82) is 0 Å². The van der Waals surface area contributed by atoms with Gasteiger partial charge in [-0.1, -0.05) is 30.3 Å². The van der Waals surface area contributed by atoms with Gasteiger partial charge in [0.2, 0.25) is 0 Å². The van der Waals surface area contributed by atoms with Crippen molar-refractivity contribution in [2.75, 3.05) is 5.32 Å².